The molecule has 2 aromatic heterocycles. The Bertz CT molecular complexity index is 829. The number of nitrogens with zero attached hydrogens (tertiary/aromatic N) is 4. The molecule has 0 saturated carbocycles. The van der Waals surface area contributed by atoms with E-state index in [0.29, 0.717) is 11.6 Å². The normalized spacial score (nSPS) is 10.6. The largest absolute Gasteiger partial charge is 0.476 e. The van der Waals surface area contributed by atoms with Gasteiger partial charge in [-0.15, -0.1) is 5.10 Å². The fraction of sp³-hybridized carbons (Fsp3) is 0. The third-order valence-electron chi connectivity index (χ3n) is 2.90. The molecule has 0 fully saturated rings. The van der Waals surface area contributed by atoms with E-state index in [2.05, 4.69) is 15.3 Å². The van der Waals surface area contributed by atoms with Crippen molar-refractivity contribution in [1.82, 2.24) is 20.0 Å². The number of halogens is 2. The first-order valence-corrected chi connectivity index (χ1v) is 6.12. The van der Waals surface area contributed by atoms with Crippen LogP contribution in [0, 0.1) is 11.6 Å². The van der Waals surface area contributed by atoms with Crippen molar-refractivity contribution in [3.63, 3.8) is 0 Å². The average molecular weight is 302 g/mol. The Kier molecular flexibility index (Phi) is 3.34. The van der Waals surface area contributed by atoms with E-state index in [1.54, 1.807) is 12.1 Å². The molecule has 8 heteroatoms. The summed E-state index contributed by atoms with van der Waals surface area (Å²) in [6.45, 7) is 0. The highest BCUT2D eigenvalue weighted by atomic mass is 19.1. The molecule has 3 aromatic rings. The third-order valence-corrected chi connectivity index (χ3v) is 2.90. The summed E-state index contributed by atoms with van der Waals surface area (Å²) in [5, 5.41) is 16.5. The number of hydrogen-bond donors (Lipinski definition) is 1. The van der Waals surface area contributed by atoms with Crippen LogP contribution < -0.4 is 0 Å². The highest BCUT2D eigenvalue weighted by Crippen LogP contribution is 2.25. The Morgan fingerprint density at radius 1 is 1.18 bits per heavy atom. The number of rotatable bonds is 3. The number of benzene rings is 1. The van der Waals surface area contributed by atoms with Crippen LogP contribution in [0.5, 0.6) is 0 Å². The Balaban J connectivity index is 2.27. The molecule has 3 rings (SSSR count). The van der Waals surface area contributed by atoms with E-state index in [4.69, 9.17) is 0 Å². The quantitative estimate of drug-likeness (QED) is 0.803. The van der Waals surface area contributed by atoms with Gasteiger partial charge in [-0.25, -0.2) is 18.3 Å². The van der Waals surface area contributed by atoms with E-state index >= 15 is 0 Å². The van der Waals surface area contributed by atoms with Crippen LogP contribution in [-0.4, -0.2) is 31.1 Å². The molecule has 0 saturated heterocycles. The molecule has 1 aromatic carbocycles. The van der Waals surface area contributed by atoms with Crippen molar-refractivity contribution in [2.75, 3.05) is 0 Å². The van der Waals surface area contributed by atoms with Crippen LogP contribution in [0.15, 0.2) is 42.7 Å². The molecule has 0 atom stereocenters. The molecule has 0 aliphatic rings. The molecular weight excluding hydrogens is 294 g/mol. The van der Waals surface area contributed by atoms with Gasteiger partial charge in [0.25, 0.3) is 0 Å². The molecule has 0 aliphatic heterocycles. The minimum absolute atomic E-state index is 0.0244. The summed E-state index contributed by atoms with van der Waals surface area (Å²) in [7, 11) is 0. The zero-order valence-electron chi connectivity index (χ0n) is 10.9. The van der Waals surface area contributed by atoms with Gasteiger partial charge in [-0.2, -0.15) is 0 Å². The predicted molar refractivity (Wildman–Crippen MR) is 71.5 cm³/mol. The Labute approximate surface area is 122 Å². The number of pyridine rings is 1. The molecule has 0 spiro atoms. The second-order valence-electron chi connectivity index (χ2n) is 4.37. The summed E-state index contributed by atoms with van der Waals surface area (Å²) in [5.74, 6) is -2.92. The van der Waals surface area contributed by atoms with Crippen LogP contribution in [0.4, 0.5) is 8.78 Å². The van der Waals surface area contributed by atoms with Gasteiger partial charge >= 0.3 is 5.97 Å². The minimum Gasteiger partial charge on any atom is -0.476 e. The maximum Gasteiger partial charge on any atom is 0.358 e. The van der Waals surface area contributed by atoms with Crippen LogP contribution in [0.2, 0.25) is 0 Å². The third kappa shape index (κ3) is 2.41. The molecule has 110 valence electrons. The topological polar surface area (TPSA) is 80.9 Å². The molecule has 1 N–H and O–H groups in total. The van der Waals surface area contributed by atoms with Crippen LogP contribution in [0.1, 0.15) is 10.5 Å². The van der Waals surface area contributed by atoms with Crippen molar-refractivity contribution in [3.8, 4) is 16.9 Å². The highest BCUT2D eigenvalue weighted by Gasteiger charge is 2.22. The Morgan fingerprint density at radius 3 is 2.50 bits per heavy atom. The summed E-state index contributed by atoms with van der Waals surface area (Å²) in [5.41, 5.74) is 0.189. The summed E-state index contributed by atoms with van der Waals surface area (Å²) in [6.07, 6.45) is 2.93. The molecule has 0 radical (unpaired) electrons. The number of aromatic carboxylic acids is 1. The van der Waals surface area contributed by atoms with Gasteiger partial charge in [0.05, 0.1) is 5.69 Å². The summed E-state index contributed by atoms with van der Waals surface area (Å²) < 4.78 is 27.8. The van der Waals surface area contributed by atoms with Crippen LogP contribution in [0.3, 0.4) is 0 Å². The molecule has 2 heterocycles. The predicted octanol–water partition coefficient (Wildman–Crippen LogP) is 2.31. The second kappa shape index (κ2) is 5.32. The first-order chi connectivity index (χ1) is 10.6. The van der Waals surface area contributed by atoms with Gasteiger partial charge < -0.3 is 5.11 Å². The van der Waals surface area contributed by atoms with Crippen molar-refractivity contribution in [3.05, 3.63) is 60.1 Å². The van der Waals surface area contributed by atoms with Gasteiger partial charge in [-0.05, 0) is 24.3 Å². The summed E-state index contributed by atoms with van der Waals surface area (Å²) >= 11 is 0. The zero-order valence-corrected chi connectivity index (χ0v) is 10.9. The first-order valence-electron chi connectivity index (χ1n) is 6.12. The SMILES string of the molecule is O=C(O)c1nnn(-c2cc(F)cc(F)c2)c1-c1cccnc1. The van der Waals surface area contributed by atoms with Crippen LogP contribution in [-0.2, 0) is 0 Å². The second-order valence-corrected chi connectivity index (χ2v) is 4.37. The van der Waals surface area contributed by atoms with Gasteiger partial charge in [-0.1, -0.05) is 5.21 Å². The molecule has 0 aliphatic carbocycles. The van der Waals surface area contributed by atoms with E-state index in [1.807, 2.05) is 0 Å². The van der Waals surface area contributed by atoms with Gasteiger partial charge in [0, 0.05) is 24.0 Å². The fourth-order valence-electron chi connectivity index (χ4n) is 2.03. The van der Waals surface area contributed by atoms with Gasteiger partial charge in [0.15, 0.2) is 5.69 Å². The highest BCUT2D eigenvalue weighted by molar-refractivity contribution is 5.92. The Morgan fingerprint density at radius 2 is 1.91 bits per heavy atom. The maximum absolute atomic E-state index is 13.4. The van der Waals surface area contributed by atoms with E-state index < -0.39 is 17.6 Å². The molecule has 0 bridgehead atoms. The van der Waals surface area contributed by atoms with Gasteiger partial charge in [-0.3, -0.25) is 4.98 Å². The smallest absolute Gasteiger partial charge is 0.358 e. The summed E-state index contributed by atoms with van der Waals surface area (Å²) in [6, 6.07) is 5.98. The standard InChI is InChI=1S/C14H8F2N4O2/c15-9-4-10(16)6-11(5-9)20-13(8-2-1-3-17-7-8)12(14(21)22)18-19-20/h1-7H,(H,21,22). The zero-order chi connectivity index (χ0) is 15.7. The van der Waals surface area contributed by atoms with Crippen molar-refractivity contribution in [2.24, 2.45) is 0 Å². The van der Waals surface area contributed by atoms with Gasteiger partial charge in [0.2, 0.25) is 0 Å². The first kappa shape index (κ1) is 13.8. The van der Waals surface area contributed by atoms with Crippen molar-refractivity contribution in [2.45, 2.75) is 0 Å². The van der Waals surface area contributed by atoms with Crippen LogP contribution >= 0.6 is 0 Å². The molecule has 6 nitrogen and oxygen atoms in total. The van der Waals surface area contributed by atoms with Crippen molar-refractivity contribution >= 4 is 5.97 Å². The number of carbonyl (C=O) groups is 1. The molecular formula is C14H8F2N4O2. The average Bonchev–Trinajstić information content (AvgIpc) is 2.92. The van der Waals surface area contributed by atoms with Crippen LogP contribution in [0.25, 0.3) is 16.9 Å². The van der Waals surface area contributed by atoms with E-state index in [0.717, 1.165) is 16.8 Å². The fourth-order valence-corrected chi connectivity index (χ4v) is 2.03. The van der Waals surface area contributed by atoms with Crippen molar-refractivity contribution in [1.29, 1.82) is 0 Å². The Hall–Kier alpha value is -3.16. The molecule has 22 heavy (non-hydrogen) atoms. The van der Waals surface area contributed by atoms with Gasteiger partial charge in [0.1, 0.15) is 17.3 Å². The summed E-state index contributed by atoms with van der Waals surface area (Å²) in [4.78, 5) is 15.2. The van der Waals surface area contributed by atoms with E-state index in [-0.39, 0.29) is 17.1 Å². The molecule has 0 unspecified atom stereocenters. The number of carboxylic acids is 1. The number of carboxylic acid groups (broad SMARTS) is 1. The molecule has 0 amide bonds. The van der Waals surface area contributed by atoms with E-state index in [9.17, 15) is 18.7 Å². The lowest BCUT2D eigenvalue weighted by atomic mass is 10.1. The lowest BCUT2D eigenvalue weighted by molar-refractivity contribution is 0.0691. The minimum atomic E-state index is -1.30. The van der Waals surface area contributed by atoms with Crippen molar-refractivity contribution < 1.29 is 18.7 Å². The van der Waals surface area contributed by atoms with E-state index in [1.165, 1.54) is 12.4 Å². The lowest BCUT2D eigenvalue weighted by Gasteiger charge is -2.07. The lowest BCUT2D eigenvalue weighted by Crippen LogP contribution is -2.04. The monoisotopic (exact) mass is 302 g/mol. The number of aromatic nitrogens is 4. The number of hydrogen-bond acceptors (Lipinski definition) is 4. The maximum atomic E-state index is 13.4.